The molecular weight excluding hydrogens is 177 g/mol. The standard InChI is InChI=1S/C5H12O.C4H9NO.Na/c1-2-3-4-5-6;1-3-6-4-2-5-1;/h6H,2-5H2,1H3;5H,1-4H2;. The van der Waals surface area contributed by atoms with E-state index in [-0.39, 0.29) is 29.6 Å². The third-order valence-electron chi connectivity index (χ3n) is 1.61. The fourth-order valence-corrected chi connectivity index (χ4v) is 0.878. The molecule has 0 atom stereocenters. The van der Waals surface area contributed by atoms with Crippen LogP contribution in [0.1, 0.15) is 26.2 Å². The van der Waals surface area contributed by atoms with Gasteiger partial charge in [0.2, 0.25) is 0 Å². The molecule has 1 heterocycles. The fourth-order valence-electron chi connectivity index (χ4n) is 0.878. The van der Waals surface area contributed by atoms with E-state index >= 15 is 0 Å². The van der Waals surface area contributed by atoms with E-state index in [4.69, 9.17) is 9.84 Å². The molecule has 0 bridgehead atoms. The molecule has 0 unspecified atom stereocenters. The van der Waals surface area contributed by atoms with E-state index in [1.54, 1.807) is 0 Å². The van der Waals surface area contributed by atoms with E-state index in [1.165, 1.54) is 6.42 Å². The monoisotopic (exact) mass is 198 g/mol. The van der Waals surface area contributed by atoms with Crippen LogP contribution in [0.3, 0.4) is 0 Å². The van der Waals surface area contributed by atoms with Crippen molar-refractivity contribution in [2.75, 3.05) is 32.9 Å². The summed E-state index contributed by atoms with van der Waals surface area (Å²) in [6, 6.07) is 0. The third kappa shape index (κ3) is 15.6. The van der Waals surface area contributed by atoms with Crippen molar-refractivity contribution >= 4 is 29.6 Å². The zero-order chi connectivity index (χ0) is 9.07. The van der Waals surface area contributed by atoms with Gasteiger partial charge in [0.15, 0.2) is 0 Å². The summed E-state index contributed by atoms with van der Waals surface area (Å²) in [5, 5.41) is 11.4. The van der Waals surface area contributed by atoms with Gasteiger partial charge in [-0.3, -0.25) is 0 Å². The van der Waals surface area contributed by atoms with Gasteiger partial charge < -0.3 is 15.2 Å². The molecule has 1 fully saturated rings. The Kier molecular flexibility index (Phi) is 19.3. The van der Waals surface area contributed by atoms with Crippen molar-refractivity contribution in [2.24, 2.45) is 0 Å². The maximum atomic E-state index is 8.20. The Morgan fingerprint density at radius 3 is 2.00 bits per heavy atom. The molecule has 1 radical (unpaired) electrons. The number of aliphatic hydroxyl groups excluding tert-OH is 1. The van der Waals surface area contributed by atoms with Gasteiger partial charge in [-0.2, -0.15) is 0 Å². The molecule has 0 aromatic rings. The molecule has 0 amide bonds. The van der Waals surface area contributed by atoms with E-state index in [9.17, 15) is 0 Å². The van der Waals surface area contributed by atoms with Crippen molar-refractivity contribution in [3.8, 4) is 0 Å². The summed E-state index contributed by atoms with van der Waals surface area (Å²) in [7, 11) is 0. The molecule has 0 saturated carbocycles. The normalized spacial score (nSPS) is 15.2. The number of nitrogens with one attached hydrogen (secondary N) is 1. The van der Waals surface area contributed by atoms with Crippen LogP contribution in [-0.2, 0) is 4.74 Å². The van der Waals surface area contributed by atoms with Crippen LogP contribution in [0.5, 0.6) is 0 Å². The van der Waals surface area contributed by atoms with Gasteiger partial charge in [0.1, 0.15) is 0 Å². The van der Waals surface area contributed by atoms with E-state index in [2.05, 4.69) is 12.2 Å². The van der Waals surface area contributed by atoms with Crippen LogP contribution in [-0.4, -0.2) is 67.6 Å². The Balaban J connectivity index is 0. The second kappa shape index (κ2) is 15.4. The number of rotatable bonds is 3. The Hall–Kier alpha value is 0.880. The maximum Gasteiger partial charge on any atom is 0.0591 e. The molecule has 0 aromatic carbocycles. The van der Waals surface area contributed by atoms with Gasteiger partial charge in [-0.25, -0.2) is 0 Å². The number of unbranched alkanes of at least 4 members (excludes halogenated alkanes) is 2. The summed E-state index contributed by atoms with van der Waals surface area (Å²) in [6.45, 7) is 6.31. The fraction of sp³-hybridized carbons (Fsp3) is 1.00. The molecule has 1 rings (SSSR count). The molecule has 0 aromatic heterocycles. The van der Waals surface area contributed by atoms with Crippen molar-refractivity contribution < 1.29 is 9.84 Å². The van der Waals surface area contributed by atoms with E-state index in [1.807, 2.05) is 0 Å². The molecule has 4 heteroatoms. The third-order valence-corrected chi connectivity index (χ3v) is 1.61. The Morgan fingerprint density at radius 2 is 1.85 bits per heavy atom. The average molecular weight is 198 g/mol. The van der Waals surface area contributed by atoms with Crippen molar-refractivity contribution in [1.82, 2.24) is 5.32 Å². The second-order valence-corrected chi connectivity index (χ2v) is 2.79. The average Bonchev–Trinajstić information content (AvgIpc) is 2.18. The summed E-state index contributed by atoms with van der Waals surface area (Å²) in [5.41, 5.74) is 0. The first-order chi connectivity index (χ1) is 5.91. The van der Waals surface area contributed by atoms with Gasteiger partial charge in [-0.1, -0.05) is 19.8 Å². The first-order valence-corrected chi connectivity index (χ1v) is 4.81. The summed E-state index contributed by atoms with van der Waals surface area (Å²) < 4.78 is 5.01. The minimum atomic E-state index is 0. The van der Waals surface area contributed by atoms with Crippen molar-refractivity contribution in [3.63, 3.8) is 0 Å². The molecule has 75 valence electrons. The first kappa shape index (κ1) is 16.3. The number of morpholine rings is 1. The minimum absolute atomic E-state index is 0. The molecule has 2 N–H and O–H groups in total. The Labute approximate surface area is 104 Å². The quantitative estimate of drug-likeness (QED) is 0.509. The maximum absolute atomic E-state index is 8.20. The van der Waals surface area contributed by atoms with Crippen LogP contribution < -0.4 is 5.32 Å². The van der Waals surface area contributed by atoms with Gasteiger partial charge >= 0.3 is 0 Å². The largest absolute Gasteiger partial charge is 0.396 e. The molecule has 1 saturated heterocycles. The molecule has 1 aliphatic rings. The first-order valence-electron chi connectivity index (χ1n) is 4.81. The van der Waals surface area contributed by atoms with E-state index in [0.29, 0.717) is 6.61 Å². The number of ether oxygens (including phenoxy) is 1. The van der Waals surface area contributed by atoms with Crippen molar-refractivity contribution in [1.29, 1.82) is 0 Å². The van der Waals surface area contributed by atoms with Crippen LogP contribution in [0.4, 0.5) is 0 Å². The van der Waals surface area contributed by atoms with E-state index in [0.717, 1.165) is 39.1 Å². The van der Waals surface area contributed by atoms with Crippen LogP contribution >= 0.6 is 0 Å². The molecule has 1 aliphatic heterocycles. The second-order valence-electron chi connectivity index (χ2n) is 2.79. The predicted octanol–water partition coefficient (Wildman–Crippen LogP) is 0.394. The zero-order valence-electron chi connectivity index (χ0n) is 9.01. The summed E-state index contributed by atoms with van der Waals surface area (Å²) in [6.07, 6.45) is 3.33. The van der Waals surface area contributed by atoms with Gasteiger partial charge in [0.05, 0.1) is 13.2 Å². The molecular formula is C9H21NNaO2. The molecule has 3 nitrogen and oxygen atoms in total. The Bertz CT molecular complexity index is 64.5. The Morgan fingerprint density at radius 1 is 1.23 bits per heavy atom. The van der Waals surface area contributed by atoms with Gasteiger partial charge in [0.25, 0.3) is 0 Å². The number of aliphatic hydroxyl groups is 1. The zero-order valence-corrected chi connectivity index (χ0v) is 11.0. The predicted molar refractivity (Wildman–Crippen MR) is 56.1 cm³/mol. The molecule has 13 heavy (non-hydrogen) atoms. The van der Waals surface area contributed by atoms with E-state index < -0.39 is 0 Å². The van der Waals surface area contributed by atoms with Crippen molar-refractivity contribution in [3.05, 3.63) is 0 Å². The smallest absolute Gasteiger partial charge is 0.0591 e. The van der Waals surface area contributed by atoms with Gasteiger partial charge in [0, 0.05) is 49.3 Å². The number of hydrogen-bond donors (Lipinski definition) is 2. The van der Waals surface area contributed by atoms with Crippen LogP contribution in [0.15, 0.2) is 0 Å². The SMILES string of the molecule is C1COCCN1.CCCCCO.[Na]. The molecule has 0 aliphatic carbocycles. The van der Waals surface area contributed by atoms with Crippen LogP contribution in [0, 0.1) is 0 Å². The number of hydrogen-bond acceptors (Lipinski definition) is 3. The topological polar surface area (TPSA) is 41.5 Å². The summed E-state index contributed by atoms with van der Waals surface area (Å²) in [5.74, 6) is 0. The van der Waals surface area contributed by atoms with Gasteiger partial charge in [-0.15, -0.1) is 0 Å². The van der Waals surface area contributed by atoms with Gasteiger partial charge in [-0.05, 0) is 6.42 Å². The summed E-state index contributed by atoms with van der Waals surface area (Å²) in [4.78, 5) is 0. The minimum Gasteiger partial charge on any atom is -0.396 e. The molecule has 0 spiro atoms. The van der Waals surface area contributed by atoms with Crippen molar-refractivity contribution in [2.45, 2.75) is 26.2 Å². The van der Waals surface area contributed by atoms with Crippen LogP contribution in [0.2, 0.25) is 0 Å². The summed E-state index contributed by atoms with van der Waals surface area (Å²) >= 11 is 0. The van der Waals surface area contributed by atoms with Crippen LogP contribution in [0.25, 0.3) is 0 Å².